The van der Waals surface area contributed by atoms with Gasteiger partial charge in [-0.15, -0.1) is 0 Å². The van der Waals surface area contributed by atoms with Crippen molar-refractivity contribution in [1.82, 2.24) is 20.0 Å². The lowest BCUT2D eigenvalue weighted by Crippen LogP contribution is -2.57. The molecule has 0 bridgehead atoms. The van der Waals surface area contributed by atoms with Gasteiger partial charge in [-0.2, -0.15) is 5.10 Å². The predicted molar refractivity (Wildman–Crippen MR) is 98.7 cm³/mol. The molecule has 0 spiro atoms. The Hall–Kier alpha value is -3.03. The summed E-state index contributed by atoms with van der Waals surface area (Å²) in [7, 11) is 3.36. The molecule has 0 radical (unpaired) electrons. The van der Waals surface area contributed by atoms with Crippen LogP contribution in [0, 0.1) is 0 Å². The topological polar surface area (TPSA) is 87.8 Å². The van der Waals surface area contributed by atoms with Crippen LogP contribution in [0.4, 0.5) is 0 Å². The molecule has 1 N–H and O–H groups in total. The van der Waals surface area contributed by atoms with Crippen molar-refractivity contribution in [2.75, 3.05) is 27.2 Å². The summed E-state index contributed by atoms with van der Waals surface area (Å²) in [5, 5.41) is 6.93. The predicted octanol–water partition coefficient (Wildman–Crippen LogP) is 1.69. The van der Waals surface area contributed by atoms with E-state index >= 15 is 0 Å². The molecule has 0 saturated carbocycles. The number of likely N-dealkylation sites (N-methyl/N-ethyl adjacent to an activating group) is 1. The van der Waals surface area contributed by atoms with Crippen molar-refractivity contribution in [1.29, 1.82) is 0 Å². The molecule has 2 heterocycles. The largest absolute Gasteiger partial charge is 0.497 e. The van der Waals surface area contributed by atoms with Gasteiger partial charge in [-0.25, -0.2) is 0 Å². The van der Waals surface area contributed by atoms with E-state index in [0.29, 0.717) is 36.7 Å². The molecule has 1 saturated heterocycles. The first-order chi connectivity index (χ1) is 13.0. The van der Waals surface area contributed by atoms with E-state index in [9.17, 15) is 9.59 Å². The number of piperazine rings is 1. The van der Waals surface area contributed by atoms with Gasteiger partial charge in [-0.3, -0.25) is 14.7 Å². The molecule has 1 aromatic heterocycles. The van der Waals surface area contributed by atoms with Crippen LogP contribution in [0.15, 0.2) is 30.3 Å². The van der Waals surface area contributed by atoms with Crippen LogP contribution < -0.4 is 9.47 Å². The normalized spacial score (nSPS) is 17.1. The standard InChI is InChI=1S/C19H24N4O4/c1-4-17-19(25)22(2)8-9-23(17)18(24)16-10-13(20-21-16)12-27-15-7-5-6-14(11-15)26-3/h5-7,10-11,17H,4,8-9,12H2,1-3H3,(H,20,21). The van der Waals surface area contributed by atoms with Crippen LogP contribution in [0.2, 0.25) is 0 Å². The zero-order valence-electron chi connectivity index (χ0n) is 15.8. The molecule has 1 fully saturated rings. The molecular weight excluding hydrogens is 348 g/mol. The maximum Gasteiger partial charge on any atom is 0.275 e. The molecule has 2 aromatic rings. The molecule has 8 nitrogen and oxygen atoms in total. The summed E-state index contributed by atoms with van der Waals surface area (Å²) in [4.78, 5) is 28.4. The molecule has 1 atom stereocenters. The third-order valence-electron chi connectivity index (χ3n) is 4.65. The molecule has 1 unspecified atom stereocenters. The molecule has 1 aliphatic heterocycles. The van der Waals surface area contributed by atoms with Gasteiger partial charge >= 0.3 is 0 Å². The third kappa shape index (κ3) is 4.05. The van der Waals surface area contributed by atoms with Gasteiger partial charge in [0.2, 0.25) is 5.91 Å². The third-order valence-corrected chi connectivity index (χ3v) is 4.65. The summed E-state index contributed by atoms with van der Waals surface area (Å²) < 4.78 is 10.9. The number of nitrogens with zero attached hydrogens (tertiary/aromatic N) is 3. The zero-order chi connectivity index (χ0) is 19.4. The maximum atomic E-state index is 12.8. The summed E-state index contributed by atoms with van der Waals surface area (Å²) in [6, 6.07) is 8.51. The Kier molecular flexibility index (Phi) is 5.63. The Bertz CT molecular complexity index is 820. The SMILES string of the molecule is CCC1C(=O)N(C)CCN1C(=O)c1cc(COc2cccc(OC)c2)[nH]n1. The van der Waals surface area contributed by atoms with Crippen molar-refractivity contribution in [2.45, 2.75) is 26.0 Å². The number of nitrogens with one attached hydrogen (secondary N) is 1. The fourth-order valence-electron chi connectivity index (χ4n) is 3.09. The molecule has 1 aliphatic rings. The first-order valence-electron chi connectivity index (χ1n) is 8.90. The van der Waals surface area contributed by atoms with Gasteiger partial charge < -0.3 is 19.3 Å². The second-order valence-electron chi connectivity index (χ2n) is 6.43. The lowest BCUT2D eigenvalue weighted by atomic mass is 10.1. The highest BCUT2D eigenvalue weighted by molar-refractivity contribution is 5.96. The number of ether oxygens (including phenoxy) is 2. The van der Waals surface area contributed by atoms with Gasteiger partial charge in [0.05, 0.1) is 12.8 Å². The molecule has 1 aromatic carbocycles. The summed E-state index contributed by atoms with van der Waals surface area (Å²) >= 11 is 0. The van der Waals surface area contributed by atoms with Gasteiger partial charge in [0.1, 0.15) is 24.1 Å². The fourth-order valence-corrected chi connectivity index (χ4v) is 3.09. The Morgan fingerprint density at radius 1 is 1.30 bits per heavy atom. The number of carbonyl (C=O) groups excluding carboxylic acids is 2. The van der Waals surface area contributed by atoms with Crippen molar-refractivity contribution < 1.29 is 19.1 Å². The van der Waals surface area contributed by atoms with E-state index in [4.69, 9.17) is 9.47 Å². The van der Waals surface area contributed by atoms with Crippen LogP contribution in [-0.4, -0.2) is 65.1 Å². The first-order valence-corrected chi connectivity index (χ1v) is 8.90. The second kappa shape index (κ2) is 8.11. The van der Waals surface area contributed by atoms with Crippen molar-refractivity contribution in [3.8, 4) is 11.5 Å². The van der Waals surface area contributed by atoms with Crippen molar-refractivity contribution in [2.24, 2.45) is 0 Å². The highest BCUT2D eigenvalue weighted by atomic mass is 16.5. The van der Waals surface area contributed by atoms with Crippen LogP contribution in [0.5, 0.6) is 11.5 Å². The van der Waals surface area contributed by atoms with E-state index in [1.807, 2.05) is 25.1 Å². The molecular formula is C19H24N4O4. The molecule has 2 amide bonds. The van der Waals surface area contributed by atoms with Crippen molar-refractivity contribution >= 4 is 11.8 Å². The smallest absolute Gasteiger partial charge is 0.275 e. The summed E-state index contributed by atoms with van der Waals surface area (Å²) in [5.41, 5.74) is 0.963. The fraction of sp³-hybridized carbons (Fsp3) is 0.421. The van der Waals surface area contributed by atoms with E-state index in [1.165, 1.54) is 0 Å². The highest BCUT2D eigenvalue weighted by Gasteiger charge is 2.35. The van der Waals surface area contributed by atoms with Crippen LogP contribution >= 0.6 is 0 Å². The lowest BCUT2D eigenvalue weighted by molar-refractivity contribution is -0.138. The Morgan fingerprint density at radius 2 is 2.07 bits per heavy atom. The van der Waals surface area contributed by atoms with E-state index in [2.05, 4.69) is 10.2 Å². The number of hydrogen-bond donors (Lipinski definition) is 1. The summed E-state index contributed by atoms with van der Waals surface area (Å²) in [6.45, 7) is 3.17. The molecule has 0 aliphatic carbocycles. The number of aromatic nitrogens is 2. The molecule has 3 rings (SSSR count). The first kappa shape index (κ1) is 18.8. The number of hydrogen-bond acceptors (Lipinski definition) is 5. The number of methoxy groups -OCH3 is 1. The Balaban J connectivity index is 1.66. The van der Waals surface area contributed by atoms with Gasteiger partial charge in [0, 0.05) is 26.2 Å². The average molecular weight is 372 g/mol. The number of rotatable bonds is 6. The number of benzene rings is 1. The maximum absolute atomic E-state index is 12.8. The minimum Gasteiger partial charge on any atom is -0.497 e. The van der Waals surface area contributed by atoms with Crippen molar-refractivity contribution in [3.05, 3.63) is 41.7 Å². The number of amides is 2. The molecule has 144 valence electrons. The number of H-pyrrole nitrogens is 1. The van der Waals surface area contributed by atoms with Crippen LogP contribution in [0.3, 0.4) is 0 Å². The monoisotopic (exact) mass is 372 g/mol. The Labute approximate surface area is 158 Å². The minimum absolute atomic E-state index is 0.0331. The summed E-state index contributed by atoms with van der Waals surface area (Å²) in [5.74, 6) is 1.09. The van der Waals surface area contributed by atoms with Gasteiger partial charge in [0.25, 0.3) is 5.91 Å². The van der Waals surface area contributed by atoms with Gasteiger partial charge in [-0.05, 0) is 24.6 Å². The van der Waals surface area contributed by atoms with Crippen LogP contribution in [0.25, 0.3) is 0 Å². The molecule has 27 heavy (non-hydrogen) atoms. The van der Waals surface area contributed by atoms with Gasteiger partial charge in [0.15, 0.2) is 5.69 Å². The van der Waals surface area contributed by atoms with Gasteiger partial charge in [-0.1, -0.05) is 13.0 Å². The Morgan fingerprint density at radius 3 is 2.81 bits per heavy atom. The van der Waals surface area contributed by atoms with Crippen LogP contribution in [0.1, 0.15) is 29.5 Å². The van der Waals surface area contributed by atoms with E-state index in [1.54, 1.807) is 36.1 Å². The van der Waals surface area contributed by atoms with E-state index in [0.717, 1.165) is 0 Å². The van der Waals surface area contributed by atoms with Crippen molar-refractivity contribution in [3.63, 3.8) is 0 Å². The minimum atomic E-state index is -0.440. The van der Waals surface area contributed by atoms with E-state index in [-0.39, 0.29) is 24.1 Å². The average Bonchev–Trinajstić information content (AvgIpc) is 3.17. The number of aromatic amines is 1. The molecule has 8 heteroatoms. The quantitative estimate of drug-likeness (QED) is 0.834. The zero-order valence-corrected chi connectivity index (χ0v) is 15.8. The second-order valence-corrected chi connectivity index (χ2v) is 6.43. The van der Waals surface area contributed by atoms with E-state index < -0.39 is 6.04 Å². The number of carbonyl (C=O) groups is 2. The highest BCUT2D eigenvalue weighted by Crippen LogP contribution is 2.20. The summed E-state index contributed by atoms with van der Waals surface area (Å²) in [6.07, 6.45) is 0.575. The lowest BCUT2D eigenvalue weighted by Gasteiger charge is -2.38. The van der Waals surface area contributed by atoms with Crippen LogP contribution in [-0.2, 0) is 11.4 Å².